The maximum Gasteiger partial charge on any atom is 0.107 e. The highest BCUT2D eigenvalue weighted by atomic mass is 19.1. The van der Waals surface area contributed by atoms with Gasteiger partial charge in [-0.05, 0) is 6.42 Å². The molecule has 10 heavy (non-hydrogen) atoms. The Morgan fingerprint density at radius 2 is 2.40 bits per heavy atom. The van der Waals surface area contributed by atoms with Gasteiger partial charge in [-0.1, -0.05) is 6.92 Å². The van der Waals surface area contributed by atoms with Crippen molar-refractivity contribution >= 4 is 0 Å². The summed E-state index contributed by atoms with van der Waals surface area (Å²) in [5, 5.41) is 3.10. The van der Waals surface area contributed by atoms with Gasteiger partial charge in [0.2, 0.25) is 0 Å². The van der Waals surface area contributed by atoms with Crippen LogP contribution in [0.2, 0.25) is 0 Å². The van der Waals surface area contributed by atoms with Crippen LogP contribution in [-0.4, -0.2) is 25.8 Å². The molecule has 0 aromatic carbocycles. The Morgan fingerprint density at radius 3 is 2.80 bits per heavy atom. The fourth-order valence-corrected chi connectivity index (χ4v) is 1.01. The molecule has 0 aliphatic heterocycles. The summed E-state index contributed by atoms with van der Waals surface area (Å²) in [6, 6.07) is 0. The van der Waals surface area contributed by atoms with Crippen molar-refractivity contribution < 1.29 is 4.39 Å². The van der Waals surface area contributed by atoms with Gasteiger partial charge in [-0.25, -0.2) is 4.39 Å². The quantitative estimate of drug-likeness (QED) is 0.559. The van der Waals surface area contributed by atoms with E-state index in [1.165, 1.54) is 0 Å². The van der Waals surface area contributed by atoms with Gasteiger partial charge < -0.3 is 11.1 Å². The van der Waals surface area contributed by atoms with Crippen LogP contribution in [-0.2, 0) is 0 Å². The first-order valence-electron chi connectivity index (χ1n) is 3.74. The van der Waals surface area contributed by atoms with Crippen LogP contribution in [0.15, 0.2) is 0 Å². The summed E-state index contributed by atoms with van der Waals surface area (Å²) in [4.78, 5) is 0. The van der Waals surface area contributed by atoms with Crippen LogP contribution in [0, 0.1) is 5.41 Å². The van der Waals surface area contributed by atoms with Gasteiger partial charge in [0.05, 0.1) is 0 Å². The van der Waals surface area contributed by atoms with Gasteiger partial charge >= 0.3 is 0 Å². The number of rotatable bonds is 4. The van der Waals surface area contributed by atoms with E-state index in [9.17, 15) is 4.39 Å². The molecule has 1 saturated carbocycles. The molecular weight excluding hydrogens is 131 g/mol. The Kier molecular flexibility index (Phi) is 2.26. The zero-order valence-corrected chi connectivity index (χ0v) is 6.36. The van der Waals surface area contributed by atoms with Crippen molar-refractivity contribution in [3.05, 3.63) is 0 Å². The van der Waals surface area contributed by atoms with Crippen LogP contribution in [0.3, 0.4) is 0 Å². The summed E-state index contributed by atoms with van der Waals surface area (Å²) in [5.41, 5.74) is 5.18. The molecule has 1 aliphatic carbocycles. The number of hydrogen-bond acceptors (Lipinski definition) is 2. The molecule has 0 aromatic heterocycles. The number of nitrogens with two attached hydrogens (primary N) is 1. The standard InChI is InChI=1S/C7H15FN2/c1-7(4-6(7)8)5-10-3-2-9/h6,10H,2-5,9H2,1H3. The molecule has 1 fully saturated rings. The molecule has 3 heteroatoms. The third-order valence-corrected chi connectivity index (χ3v) is 2.09. The molecule has 1 aliphatic rings. The van der Waals surface area contributed by atoms with Crippen molar-refractivity contribution in [2.24, 2.45) is 11.1 Å². The molecule has 0 spiro atoms. The zero-order chi connectivity index (χ0) is 7.61. The van der Waals surface area contributed by atoms with Gasteiger partial charge in [0, 0.05) is 25.0 Å². The van der Waals surface area contributed by atoms with Gasteiger partial charge in [0.15, 0.2) is 0 Å². The molecule has 0 heterocycles. The number of halogens is 1. The lowest BCUT2D eigenvalue weighted by Crippen LogP contribution is -2.28. The fraction of sp³-hybridized carbons (Fsp3) is 1.00. The van der Waals surface area contributed by atoms with E-state index >= 15 is 0 Å². The minimum absolute atomic E-state index is 0.0742. The maximum atomic E-state index is 12.5. The highest BCUT2D eigenvalue weighted by Gasteiger charge is 2.50. The van der Waals surface area contributed by atoms with Gasteiger partial charge in [-0.15, -0.1) is 0 Å². The first-order valence-corrected chi connectivity index (χ1v) is 3.74. The zero-order valence-electron chi connectivity index (χ0n) is 6.36. The van der Waals surface area contributed by atoms with Gasteiger partial charge in [-0.3, -0.25) is 0 Å². The van der Waals surface area contributed by atoms with E-state index in [-0.39, 0.29) is 5.41 Å². The van der Waals surface area contributed by atoms with E-state index in [0.717, 1.165) is 13.1 Å². The third kappa shape index (κ3) is 1.67. The van der Waals surface area contributed by atoms with Crippen molar-refractivity contribution in [3.63, 3.8) is 0 Å². The summed E-state index contributed by atoms with van der Waals surface area (Å²) < 4.78 is 12.5. The summed E-state index contributed by atoms with van der Waals surface area (Å²) in [7, 11) is 0. The van der Waals surface area contributed by atoms with Gasteiger partial charge in [-0.2, -0.15) is 0 Å². The number of hydrogen-bond donors (Lipinski definition) is 2. The Balaban J connectivity index is 2.03. The van der Waals surface area contributed by atoms with Crippen LogP contribution in [0.1, 0.15) is 13.3 Å². The Hall–Kier alpha value is -0.150. The lowest BCUT2D eigenvalue weighted by Gasteiger charge is -2.08. The second kappa shape index (κ2) is 2.84. The molecule has 0 aromatic rings. The molecule has 2 nitrogen and oxygen atoms in total. The summed E-state index contributed by atoms with van der Waals surface area (Å²) in [5.74, 6) is 0. The van der Waals surface area contributed by atoms with E-state index in [0.29, 0.717) is 13.0 Å². The Labute approximate surface area is 61.0 Å². The number of alkyl halides is 1. The van der Waals surface area contributed by atoms with Crippen molar-refractivity contribution in [1.82, 2.24) is 5.32 Å². The highest BCUT2D eigenvalue weighted by molar-refractivity contribution is 5.00. The van der Waals surface area contributed by atoms with Crippen LogP contribution in [0.5, 0.6) is 0 Å². The van der Waals surface area contributed by atoms with E-state index < -0.39 is 6.17 Å². The molecule has 1 rings (SSSR count). The predicted molar refractivity (Wildman–Crippen MR) is 39.5 cm³/mol. The van der Waals surface area contributed by atoms with E-state index in [1.54, 1.807) is 0 Å². The molecule has 60 valence electrons. The second-order valence-corrected chi connectivity index (χ2v) is 3.29. The van der Waals surface area contributed by atoms with Crippen molar-refractivity contribution in [3.8, 4) is 0 Å². The fourth-order valence-electron chi connectivity index (χ4n) is 1.01. The Bertz CT molecular complexity index is 118. The van der Waals surface area contributed by atoms with E-state index in [4.69, 9.17) is 5.73 Å². The van der Waals surface area contributed by atoms with E-state index in [1.807, 2.05) is 6.92 Å². The van der Waals surface area contributed by atoms with Gasteiger partial charge in [0.1, 0.15) is 6.17 Å². The van der Waals surface area contributed by atoms with Crippen LogP contribution in [0.25, 0.3) is 0 Å². The lowest BCUT2D eigenvalue weighted by molar-refractivity contribution is 0.364. The molecule has 0 bridgehead atoms. The first kappa shape index (κ1) is 7.95. The van der Waals surface area contributed by atoms with Crippen molar-refractivity contribution in [2.75, 3.05) is 19.6 Å². The first-order chi connectivity index (χ1) is 4.69. The Morgan fingerprint density at radius 1 is 1.80 bits per heavy atom. The molecule has 2 atom stereocenters. The topological polar surface area (TPSA) is 38.0 Å². The lowest BCUT2D eigenvalue weighted by atomic mass is 10.1. The second-order valence-electron chi connectivity index (χ2n) is 3.29. The van der Waals surface area contributed by atoms with Crippen LogP contribution in [0.4, 0.5) is 4.39 Å². The van der Waals surface area contributed by atoms with Crippen molar-refractivity contribution in [2.45, 2.75) is 19.5 Å². The van der Waals surface area contributed by atoms with Crippen molar-refractivity contribution in [1.29, 1.82) is 0 Å². The van der Waals surface area contributed by atoms with Crippen LogP contribution >= 0.6 is 0 Å². The minimum Gasteiger partial charge on any atom is -0.329 e. The highest BCUT2D eigenvalue weighted by Crippen LogP contribution is 2.47. The summed E-state index contributed by atoms with van der Waals surface area (Å²) in [6.07, 6.45) is 0.127. The number of nitrogens with one attached hydrogen (secondary N) is 1. The predicted octanol–water partition coefficient (Wildman–Crippen LogP) is 0.283. The monoisotopic (exact) mass is 146 g/mol. The maximum absolute atomic E-state index is 12.5. The third-order valence-electron chi connectivity index (χ3n) is 2.09. The van der Waals surface area contributed by atoms with E-state index in [2.05, 4.69) is 5.32 Å². The molecule has 0 saturated heterocycles. The van der Waals surface area contributed by atoms with Gasteiger partial charge in [0.25, 0.3) is 0 Å². The largest absolute Gasteiger partial charge is 0.329 e. The SMILES string of the molecule is CC1(CNCCN)CC1F. The van der Waals surface area contributed by atoms with Crippen LogP contribution < -0.4 is 11.1 Å². The summed E-state index contributed by atoms with van der Waals surface area (Å²) in [6.45, 7) is 4.15. The average Bonchev–Trinajstić information content (AvgIpc) is 2.42. The minimum atomic E-state index is -0.585. The normalized spacial score (nSPS) is 38.1. The average molecular weight is 146 g/mol. The smallest absolute Gasteiger partial charge is 0.107 e. The molecule has 3 N–H and O–H groups in total. The molecule has 2 unspecified atom stereocenters. The molecule has 0 radical (unpaired) electrons. The molecule has 0 amide bonds. The summed E-state index contributed by atoms with van der Waals surface area (Å²) >= 11 is 0. The molecular formula is C7H15FN2.